The van der Waals surface area contributed by atoms with E-state index in [0.29, 0.717) is 0 Å². The summed E-state index contributed by atoms with van der Waals surface area (Å²) in [5, 5.41) is 9.19. The van der Waals surface area contributed by atoms with Gasteiger partial charge in [-0.15, -0.1) is 0 Å². The number of rotatable bonds is 2. The predicted molar refractivity (Wildman–Crippen MR) is 39.7 cm³/mol. The highest BCUT2D eigenvalue weighted by molar-refractivity contribution is 9.10. The van der Waals surface area contributed by atoms with Gasteiger partial charge >= 0.3 is 0 Å². The minimum Gasteiger partial charge on any atom is -0.389 e. The lowest BCUT2D eigenvalue weighted by Gasteiger charge is -2.21. The highest BCUT2D eigenvalue weighted by atomic mass is 79.9. The molecule has 3 heteroatoms. The third-order valence-corrected chi connectivity index (χ3v) is 2.74. The third kappa shape index (κ3) is 2.96. The molecule has 2 nitrogen and oxygen atoms in total. The second-order valence-electron chi connectivity index (χ2n) is 2.63. The number of carbonyl (C=O) groups is 1. The minimum atomic E-state index is -0.953. The molecule has 0 aliphatic heterocycles. The Bertz CT molecular complexity index is 115. The number of carbonyl (C=O) groups excluding carboxylic acids is 1. The van der Waals surface area contributed by atoms with Crippen molar-refractivity contribution in [2.24, 2.45) is 0 Å². The minimum absolute atomic E-state index is 0.0532. The Hall–Kier alpha value is 0.110. The summed E-state index contributed by atoms with van der Waals surface area (Å²) in [6.45, 7) is 4.62. The molecule has 0 bridgehead atoms. The first-order valence-corrected chi connectivity index (χ1v) is 3.64. The maximum absolute atomic E-state index is 10.6. The molecule has 0 aromatic heterocycles. The Morgan fingerprint density at radius 3 is 2.00 bits per heavy atom. The van der Waals surface area contributed by atoms with Crippen LogP contribution in [0.3, 0.4) is 0 Å². The molecule has 1 atom stereocenters. The predicted octanol–water partition coefficient (Wildman–Crippen LogP) is 1.11. The molecule has 0 saturated heterocycles. The topological polar surface area (TPSA) is 37.3 Å². The summed E-state index contributed by atoms with van der Waals surface area (Å²) in [4.78, 5) is 10.1. The van der Waals surface area contributed by atoms with E-state index in [4.69, 9.17) is 0 Å². The number of aliphatic hydroxyl groups is 1. The van der Waals surface area contributed by atoms with Crippen LogP contribution in [0.1, 0.15) is 20.8 Å². The molecule has 9 heavy (non-hydrogen) atoms. The Labute approximate surface area is 63.4 Å². The molecule has 0 aromatic rings. The Morgan fingerprint density at radius 1 is 1.67 bits per heavy atom. The first-order chi connectivity index (χ1) is 3.85. The van der Waals surface area contributed by atoms with Crippen LogP contribution in [-0.2, 0) is 4.79 Å². The fraction of sp³-hybridized carbons (Fsp3) is 0.833. The SMILES string of the molecule is CC(=O)C(Br)C(C)(C)O. The van der Waals surface area contributed by atoms with Crippen molar-refractivity contribution in [1.82, 2.24) is 0 Å². The molecule has 54 valence electrons. The summed E-state index contributed by atoms with van der Waals surface area (Å²) in [5.74, 6) is -0.0532. The Kier molecular flexibility index (Phi) is 2.83. The van der Waals surface area contributed by atoms with E-state index in [1.807, 2.05) is 0 Å². The van der Waals surface area contributed by atoms with Crippen molar-refractivity contribution < 1.29 is 9.90 Å². The van der Waals surface area contributed by atoms with Crippen LogP contribution in [0.25, 0.3) is 0 Å². The molecule has 1 N–H and O–H groups in total. The van der Waals surface area contributed by atoms with Crippen LogP contribution in [0.2, 0.25) is 0 Å². The lowest BCUT2D eigenvalue weighted by Crippen LogP contribution is -2.36. The standard InChI is InChI=1S/C6H11BrO2/c1-4(8)5(7)6(2,3)9/h5,9H,1-3H3. The zero-order valence-electron chi connectivity index (χ0n) is 5.81. The van der Waals surface area contributed by atoms with Gasteiger partial charge < -0.3 is 5.11 Å². The molecule has 0 aromatic carbocycles. The van der Waals surface area contributed by atoms with Gasteiger partial charge in [-0.05, 0) is 20.8 Å². The molecule has 0 heterocycles. The molecule has 0 fully saturated rings. The average Bonchev–Trinajstić information content (AvgIpc) is 1.62. The number of hydrogen-bond donors (Lipinski definition) is 1. The van der Waals surface area contributed by atoms with Crippen molar-refractivity contribution in [3.8, 4) is 0 Å². The number of hydrogen-bond acceptors (Lipinski definition) is 2. The third-order valence-electron chi connectivity index (χ3n) is 0.977. The molecule has 0 saturated carbocycles. The highest BCUT2D eigenvalue weighted by Crippen LogP contribution is 2.17. The zero-order chi connectivity index (χ0) is 7.65. The number of ketones is 1. The monoisotopic (exact) mass is 194 g/mol. The molecule has 0 aliphatic rings. The summed E-state index contributed by atoms with van der Waals surface area (Å²) in [6.07, 6.45) is 0. The van der Waals surface area contributed by atoms with Gasteiger partial charge in [0.25, 0.3) is 0 Å². The van der Waals surface area contributed by atoms with E-state index in [1.165, 1.54) is 6.92 Å². The number of halogens is 1. The summed E-state index contributed by atoms with van der Waals surface area (Å²) < 4.78 is 0. The van der Waals surface area contributed by atoms with Crippen LogP contribution in [0.5, 0.6) is 0 Å². The fourth-order valence-electron chi connectivity index (χ4n) is 0.497. The van der Waals surface area contributed by atoms with Crippen LogP contribution in [0, 0.1) is 0 Å². The van der Waals surface area contributed by atoms with Gasteiger partial charge in [0.15, 0.2) is 0 Å². The molecule has 0 aliphatic carbocycles. The van der Waals surface area contributed by atoms with Gasteiger partial charge in [-0.2, -0.15) is 0 Å². The van der Waals surface area contributed by atoms with Crippen molar-refractivity contribution in [2.75, 3.05) is 0 Å². The molecule has 0 amide bonds. The fourth-order valence-corrected chi connectivity index (χ4v) is 0.497. The van der Waals surface area contributed by atoms with Crippen molar-refractivity contribution >= 4 is 21.7 Å². The van der Waals surface area contributed by atoms with E-state index >= 15 is 0 Å². The van der Waals surface area contributed by atoms with Crippen molar-refractivity contribution in [1.29, 1.82) is 0 Å². The van der Waals surface area contributed by atoms with E-state index in [0.717, 1.165) is 0 Å². The van der Waals surface area contributed by atoms with E-state index in [1.54, 1.807) is 13.8 Å². The van der Waals surface area contributed by atoms with Crippen LogP contribution < -0.4 is 0 Å². The molecule has 0 spiro atoms. The van der Waals surface area contributed by atoms with Crippen LogP contribution >= 0.6 is 15.9 Å². The summed E-state index contributed by atoms with van der Waals surface area (Å²) in [5.41, 5.74) is -0.953. The molecule has 0 radical (unpaired) electrons. The normalized spacial score (nSPS) is 15.2. The van der Waals surface area contributed by atoms with Gasteiger partial charge in [-0.25, -0.2) is 0 Å². The maximum Gasteiger partial charge on any atom is 0.146 e. The van der Waals surface area contributed by atoms with E-state index in [2.05, 4.69) is 15.9 Å². The van der Waals surface area contributed by atoms with Crippen LogP contribution in [0.4, 0.5) is 0 Å². The highest BCUT2D eigenvalue weighted by Gasteiger charge is 2.27. The second-order valence-corrected chi connectivity index (χ2v) is 3.54. The second kappa shape index (κ2) is 2.80. The molecular weight excluding hydrogens is 184 g/mol. The van der Waals surface area contributed by atoms with Gasteiger partial charge in [0.05, 0.1) is 5.60 Å². The van der Waals surface area contributed by atoms with Gasteiger partial charge in [0.1, 0.15) is 10.6 Å². The number of alkyl halides is 1. The van der Waals surface area contributed by atoms with Gasteiger partial charge in [-0.1, -0.05) is 15.9 Å². The lowest BCUT2D eigenvalue weighted by atomic mass is 10.0. The van der Waals surface area contributed by atoms with Crippen molar-refractivity contribution in [3.05, 3.63) is 0 Å². The van der Waals surface area contributed by atoms with Crippen LogP contribution in [0.15, 0.2) is 0 Å². The first kappa shape index (κ1) is 9.11. The van der Waals surface area contributed by atoms with Gasteiger partial charge in [0.2, 0.25) is 0 Å². The van der Waals surface area contributed by atoms with Crippen molar-refractivity contribution in [2.45, 2.75) is 31.2 Å². The first-order valence-electron chi connectivity index (χ1n) is 2.72. The summed E-state index contributed by atoms with van der Waals surface area (Å²) in [7, 11) is 0. The zero-order valence-corrected chi connectivity index (χ0v) is 7.40. The van der Waals surface area contributed by atoms with E-state index < -0.39 is 10.4 Å². The maximum atomic E-state index is 10.6. The molecule has 1 unspecified atom stereocenters. The van der Waals surface area contributed by atoms with Gasteiger partial charge in [0, 0.05) is 0 Å². The number of Topliss-reactive ketones (excluding diaryl/α,β-unsaturated/α-hetero) is 1. The quantitative estimate of drug-likeness (QED) is 0.670. The Morgan fingerprint density at radius 2 is 2.00 bits per heavy atom. The summed E-state index contributed by atoms with van der Waals surface area (Å²) in [6, 6.07) is 0. The largest absolute Gasteiger partial charge is 0.389 e. The lowest BCUT2D eigenvalue weighted by molar-refractivity contribution is -0.119. The van der Waals surface area contributed by atoms with Gasteiger partial charge in [-0.3, -0.25) is 4.79 Å². The van der Waals surface area contributed by atoms with E-state index in [-0.39, 0.29) is 5.78 Å². The average molecular weight is 195 g/mol. The molecular formula is C6H11BrO2. The summed E-state index contributed by atoms with van der Waals surface area (Å²) >= 11 is 3.06. The molecule has 0 rings (SSSR count). The Balaban J connectivity index is 4.04. The smallest absolute Gasteiger partial charge is 0.146 e. The van der Waals surface area contributed by atoms with E-state index in [9.17, 15) is 9.90 Å². The van der Waals surface area contributed by atoms with Crippen LogP contribution in [-0.4, -0.2) is 21.3 Å². The van der Waals surface area contributed by atoms with Crippen molar-refractivity contribution in [3.63, 3.8) is 0 Å².